The summed E-state index contributed by atoms with van der Waals surface area (Å²) in [5, 5.41) is 8.37. The van der Waals surface area contributed by atoms with Gasteiger partial charge in [-0.2, -0.15) is 5.10 Å². The molecule has 1 aromatic carbocycles. The Morgan fingerprint density at radius 2 is 2.00 bits per heavy atom. The number of imidazole rings is 1. The maximum atomic E-state index is 4.48. The zero-order valence-corrected chi connectivity index (χ0v) is 11.3. The number of nitrogens with one attached hydrogen (secondary N) is 2. The monoisotopic (exact) mass is 313 g/mol. The van der Waals surface area contributed by atoms with Crippen LogP contribution in [0.4, 0.5) is 0 Å². The molecule has 3 aromatic heterocycles. The van der Waals surface area contributed by atoms with Crippen molar-refractivity contribution in [1.29, 1.82) is 0 Å². The molecule has 0 saturated carbocycles. The summed E-state index contributed by atoms with van der Waals surface area (Å²) in [6, 6.07) is 9.92. The van der Waals surface area contributed by atoms with Crippen molar-refractivity contribution in [3.05, 3.63) is 41.0 Å². The second-order valence-corrected chi connectivity index (χ2v) is 5.14. The zero-order chi connectivity index (χ0) is 12.8. The maximum absolute atomic E-state index is 4.48. The highest BCUT2D eigenvalue weighted by molar-refractivity contribution is 9.10. The number of fused-ring (bicyclic) bond motifs is 2. The molecular weight excluding hydrogens is 306 g/mol. The third-order valence-electron chi connectivity index (χ3n) is 3.00. The van der Waals surface area contributed by atoms with Gasteiger partial charge in [-0.1, -0.05) is 18.2 Å². The quantitative estimate of drug-likeness (QED) is 0.566. The van der Waals surface area contributed by atoms with Gasteiger partial charge in [-0.3, -0.25) is 5.10 Å². The average Bonchev–Trinajstić information content (AvgIpc) is 3.00. The number of H-pyrrole nitrogens is 2. The fourth-order valence-corrected chi connectivity index (χ4v) is 2.46. The summed E-state index contributed by atoms with van der Waals surface area (Å²) < 4.78 is 0.919. The van der Waals surface area contributed by atoms with Crippen LogP contribution in [0, 0.1) is 0 Å². The summed E-state index contributed by atoms with van der Waals surface area (Å²) in [4.78, 5) is 12.0. The predicted octanol–water partition coefficient (Wildman–Crippen LogP) is 3.26. The molecule has 0 spiro atoms. The van der Waals surface area contributed by atoms with E-state index in [1.807, 2.05) is 30.3 Å². The Kier molecular flexibility index (Phi) is 2.19. The van der Waals surface area contributed by atoms with Gasteiger partial charge in [0.1, 0.15) is 5.69 Å². The zero-order valence-electron chi connectivity index (χ0n) is 9.68. The predicted molar refractivity (Wildman–Crippen MR) is 76.7 cm³/mol. The smallest absolute Gasteiger partial charge is 0.178 e. The van der Waals surface area contributed by atoms with Gasteiger partial charge in [0.05, 0.1) is 11.0 Å². The van der Waals surface area contributed by atoms with Gasteiger partial charge in [-0.25, -0.2) is 9.97 Å². The van der Waals surface area contributed by atoms with Crippen LogP contribution in [0.2, 0.25) is 0 Å². The van der Waals surface area contributed by atoms with Crippen molar-refractivity contribution < 1.29 is 0 Å². The van der Waals surface area contributed by atoms with Crippen molar-refractivity contribution in [2.75, 3.05) is 0 Å². The van der Waals surface area contributed by atoms with Gasteiger partial charge in [-0.05, 0) is 28.1 Å². The molecule has 0 bridgehead atoms. The molecule has 0 amide bonds. The lowest BCUT2D eigenvalue weighted by atomic mass is 10.2. The molecule has 4 rings (SSSR count). The van der Waals surface area contributed by atoms with Gasteiger partial charge in [-0.15, -0.1) is 0 Å². The SMILES string of the molecule is Brc1cnc2nc(-c3n[nH]c4ccccc34)[nH]c2c1. The van der Waals surface area contributed by atoms with Crippen LogP contribution in [-0.4, -0.2) is 25.1 Å². The van der Waals surface area contributed by atoms with E-state index in [4.69, 9.17) is 0 Å². The lowest BCUT2D eigenvalue weighted by Crippen LogP contribution is -1.81. The summed E-state index contributed by atoms with van der Waals surface area (Å²) in [5.41, 5.74) is 3.37. The van der Waals surface area contributed by atoms with Crippen LogP contribution < -0.4 is 0 Å². The molecule has 0 saturated heterocycles. The molecule has 0 unspecified atom stereocenters. The largest absolute Gasteiger partial charge is 0.335 e. The van der Waals surface area contributed by atoms with Crippen LogP contribution in [0.3, 0.4) is 0 Å². The van der Waals surface area contributed by atoms with E-state index >= 15 is 0 Å². The number of nitrogens with zero attached hydrogens (tertiary/aromatic N) is 3. The van der Waals surface area contributed by atoms with E-state index < -0.39 is 0 Å². The first kappa shape index (κ1) is 10.7. The van der Waals surface area contributed by atoms with Crippen LogP contribution in [0.5, 0.6) is 0 Å². The second-order valence-electron chi connectivity index (χ2n) is 4.23. The highest BCUT2D eigenvalue weighted by atomic mass is 79.9. The molecule has 5 nitrogen and oxygen atoms in total. The van der Waals surface area contributed by atoms with Crippen LogP contribution in [0.1, 0.15) is 0 Å². The summed E-state index contributed by atoms with van der Waals surface area (Å²) in [6.07, 6.45) is 1.73. The molecule has 0 atom stereocenters. The number of halogens is 1. The standard InChI is InChI=1S/C13H8BrN5/c14-7-5-10-12(15-6-7)17-13(16-10)11-8-3-1-2-4-9(8)18-19-11/h1-6H,(H,18,19)(H,15,16,17). The summed E-state index contributed by atoms with van der Waals surface area (Å²) >= 11 is 3.40. The molecule has 0 aliphatic carbocycles. The Labute approximate surface area is 116 Å². The molecule has 4 aromatic rings. The number of benzene rings is 1. The van der Waals surface area contributed by atoms with Crippen molar-refractivity contribution in [3.63, 3.8) is 0 Å². The number of pyridine rings is 1. The van der Waals surface area contributed by atoms with E-state index in [1.165, 1.54) is 0 Å². The van der Waals surface area contributed by atoms with E-state index in [0.29, 0.717) is 5.65 Å². The second kappa shape index (κ2) is 3.89. The number of hydrogen-bond donors (Lipinski definition) is 2. The minimum Gasteiger partial charge on any atom is -0.335 e. The average molecular weight is 314 g/mol. The lowest BCUT2D eigenvalue weighted by molar-refractivity contribution is 1.10. The number of para-hydroxylation sites is 1. The molecule has 2 N–H and O–H groups in total. The van der Waals surface area contributed by atoms with Crippen molar-refractivity contribution in [3.8, 4) is 11.5 Å². The minimum absolute atomic E-state index is 0.685. The first-order valence-corrected chi connectivity index (χ1v) is 6.55. The van der Waals surface area contributed by atoms with Gasteiger partial charge in [0.15, 0.2) is 11.5 Å². The molecule has 0 radical (unpaired) electrons. The van der Waals surface area contributed by atoms with Crippen molar-refractivity contribution in [2.24, 2.45) is 0 Å². The summed E-state index contributed by atoms with van der Waals surface area (Å²) in [5.74, 6) is 0.720. The highest BCUT2D eigenvalue weighted by Gasteiger charge is 2.12. The van der Waals surface area contributed by atoms with Gasteiger partial charge < -0.3 is 4.98 Å². The van der Waals surface area contributed by atoms with Crippen molar-refractivity contribution >= 4 is 38.0 Å². The van der Waals surface area contributed by atoms with E-state index in [0.717, 1.165) is 32.4 Å². The highest BCUT2D eigenvalue weighted by Crippen LogP contribution is 2.25. The van der Waals surface area contributed by atoms with E-state index in [2.05, 4.69) is 41.1 Å². The number of hydrogen-bond acceptors (Lipinski definition) is 3. The molecule has 19 heavy (non-hydrogen) atoms. The molecule has 0 aliphatic heterocycles. The Balaban J connectivity index is 1.99. The first-order chi connectivity index (χ1) is 9.31. The minimum atomic E-state index is 0.685. The van der Waals surface area contributed by atoms with Crippen LogP contribution in [0.25, 0.3) is 33.6 Å². The van der Waals surface area contributed by atoms with E-state index in [1.54, 1.807) is 6.20 Å². The summed E-state index contributed by atoms with van der Waals surface area (Å²) in [7, 11) is 0. The van der Waals surface area contributed by atoms with Gasteiger partial charge in [0, 0.05) is 16.1 Å². The van der Waals surface area contributed by atoms with Gasteiger partial charge in [0.25, 0.3) is 0 Å². The molecule has 6 heteroatoms. The van der Waals surface area contributed by atoms with E-state index in [9.17, 15) is 0 Å². The van der Waals surface area contributed by atoms with Crippen molar-refractivity contribution in [2.45, 2.75) is 0 Å². The molecule has 3 heterocycles. The van der Waals surface area contributed by atoms with Crippen LogP contribution >= 0.6 is 15.9 Å². The Morgan fingerprint density at radius 3 is 2.95 bits per heavy atom. The fourth-order valence-electron chi connectivity index (χ4n) is 2.13. The van der Waals surface area contributed by atoms with Gasteiger partial charge in [0.2, 0.25) is 0 Å². The normalized spacial score (nSPS) is 11.4. The number of aromatic nitrogens is 5. The summed E-state index contributed by atoms with van der Waals surface area (Å²) in [6.45, 7) is 0. The molecular formula is C13H8BrN5. The topological polar surface area (TPSA) is 70.2 Å². The fraction of sp³-hybridized carbons (Fsp3) is 0. The Hall–Kier alpha value is -2.21. The molecule has 92 valence electrons. The van der Waals surface area contributed by atoms with Crippen LogP contribution in [-0.2, 0) is 0 Å². The Morgan fingerprint density at radius 1 is 1.11 bits per heavy atom. The Bertz CT molecular complexity index is 892. The number of rotatable bonds is 1. The van der Waals surface area contributed by atoms with E-state index in [-0.39, 0.29) is 0 Å². The lowest BCUT2D eigenvalue weighted by Gasteiger charge is -1.90. The molecule has 0 aliphatic rings. The maximum Gasteiger partial charge on any atom is 0.178 e. The van der Waals surface area contributed by atoms with Crippen molar-refractivity contribution in [1.82, 2.24) is 25.1 Å². The first-order valence-electron chi connectivity index (χ1n) is 5.76. The van der Waals surface area contributed by atoms with Crippen LogP contribution in [0.15, 0.2) is 41.0 Å². The molecule has 0 fully saturated rings. The van der Waals surface area contributed by atoms with Gasteiger partial charge >= 0.3 is 0 Å². The number of aromatic amines is 2. The third kappa shape index (κ3) is 1.64. The third-order valence-corrected chi connectivity index (χ3v) is 3.43.